The normalized spacial score (nSPS) is 10.2. The summed E-state index contributed by atoms with van der Waals surface area (Å²) in [4.78, 5) is 20.8. The number of amides is 1. The highest BCUT2D eigenvalue weighted by Crippen LogP contribution is 2.18. The van der Waals surface area contributed by atoms with Crippen LogP contribution < -0.4 is 15.4 Å². The molecule has 0 aliphatic carbocycles. The Balaban J connectivity index is 1.67. The largest absolute Gasteiger partial charge is 0.491 e. The van der Waals surface area contributed by atoms with Gasteiger partial charge in [-0.25, -0.2) is 9.97 Å². The van der Waals surface area contributed by atoms with E-state index in [1.165, 1.54) is 12.3 Å². The van der Waals surface area contributed by atoms with Crippen LogP contribution in [0.25, 0.3) is 0 Å². The topological polar surface area (TPSA) is 99.9 Å². The Kier molecular flexibility index (Phi) is 5.82. The van der Waals surface area contributed by atoms with Crippen molar-refractivity contribution in [2.24, 2.45) is 0 Å². The molecule has 0 unspecified atom stereocenters. The lowest BCUT2D eigenvalue weighted by molar-refractivity contribution is 0.102. The molecule has 3 rings (SSSR count). The number of anilines is 3. The second kappa shape index (κ2) is 8.64. The van der Waals surface area contributed by atoms with E-state index >= 15 is 0 Å². The number of benzene rings is 2. The van der Waals surface area contributed by atoms with Crippen LogP contribution in [0.5, 0.6) is 5.75 Å². The van der Waals surface area contributed by atoms with Gasteiger partial charge in [0.2, 0.25) is 5.95 Å². The van der Waals surface area contributed by atoms with Crippen LogP contribution in [0.15, 0.2) is 60.8 Å². The molecule has 0 atom stereocenters. The fraction of sp³-hybridized carbons (Fsp3) is 0.143. The summed E-state index contributed by atoms with van der Waals surface area (Å²) in [5.74, 6) is 0.685. The van der Waals surface area contributed by atoms with Gasteiger partial charge in [-0.2, -0.15) is 5.26 Å². The van der Waals surface area contributed by atoms with Gasteiger partial charge in [0.1, 0.15) is 11.4 Å². The molecule has 0 aliphatic rings. The van der Waals surface area contributed by atoms with Gasteiger partial charge in [0.15, 0.2) is 0 Å². The van der Waals surface area contributed by atoms with Crippen LogP contribution in [-0.2, 0) is 0 Å². The minimum absolute atomic E-state index is 0.0866. The predicted octanol–water partition coefficient (Wildman–Crippen LogP) is 4.13. The fourth-order valence-electron chi connectivity index (χ4n) is 2.39. The van der Waals surface area contributed by atoms with Gasteiger partial charge in [0.25, 0.3) is 5.91 Å². The van der Waals surface area contributed by atoms with Gasteiger partial charge in [0, 0.05) is 17.6 Å². The summed E-state index contributed by atoms with van der Waals surface area (Å²) in [5.41, 5.74) is 2.15. The van der Waals surface area contributed by atoms with Crippen LogP contribution in [-0.4, -0.2) is 22.0 Å². The van der Waals surface area contributed by atoms with Crippen molar-refractivity contribution < 1.29 is 9.53 Å². The first-order chi connectivity index (χ1) is 13.5. The van der Waals surface area contributed by atoms with E-state index in [4.69, 9.17) is 10.00 Å². The SMILES string of the molecule is CC(C)Oc1ccc(NC(=O)c2ccnc(Nc3ccc(C#N)cc3)n2)cc1. The minimum atomic E-state index is -0.345. The van der Waals surface area contributed by atoms with Crippen molar-refractivity contribution >= 4 is 23.2 Å². The highest BCUT2D eigenvalue weighted by molar-refractivity contribution is 6.03. The summed E-state index contributed by atoms with van der Waals surface area (Å²) in [6, 6.07) is 17.6. The molecule has 7 heteroatoms. The number of hydrogen-bond donors (Lipinski definition) is 2. The van der Waals surface area contributed by atoms with Crippen molar-refractivity contribution in [1.29, 1.82) is 5.26 Å². The lowest BCUT2D eigenvalue weighted by Crippen LogP contribution is -2.14. The van der Waals surface area contributed by atoms with Crippen LogP contribution in [0.4, 0.5) is 17.3 Å². The number of ether oxygens (including phenoxy) is 1. The zero-order chi connectivity index (χ0) is 19.9. The minimum Gasteiger partial charge on any atom is -0.491 e. The van der Waals surface area contributed by atoms with Gasteiger partial charge in [0.05, 0.1) is 17.7 Å². The van der Waals surface area contributed by atoms with Gasteiger partial charge < -0.3 is 15.4 Å². The maximum absolute atomic E-state index is 12.5. The Morgan fingerprint density at radius 1 is 1.04 bits per heavy atom. The Labute approximate surface area is 163 Å². The highest BCUT2D eigenvalue weighted by Gasteiger charge is 2.10. The Morgan fingerprint density at radius 2 is 1.71 bits per heavy atom. The van der Waals surface area contributed by atoms with E-state index in [0.717, 1.165) is 11.4 Å². The first-order valence-corrected chi connectivity index (χ1v) is 8.72. The number of rotatable bonds is 6. The standard InChI is InChI=1S/C21H19N5O2/c1-14(2)28-18-9-7-16(8-10-18)24-20(27)19-11-12-23-21(26-19)25-17-5-3-15(13-22)4-6-17/h3-12,14H,1-2H3,(H,24,27)(H,23,25,26). The second-order valence-corrected chi connectivity index (χ2v) is 6.22. The van der Waals surface area contributed by atoms with Crippen LogP contribution in [0, 0.1) is 11.3 Å². The van der Waals surface area contributed by atoms with E-state index in [1.807, 2.05) is 13.8 Å². The average molecular weight is 373 g/mol. The van der Waals surface area contributed by atoms with E-state index < -0.39 is 0 Å². The van der Waals surface area contributed by atoms with Crippen molar-refractivity contribution in [3.8, 4) is 11.8 Å². The van der Waals surface area contributed by atoms with Crippen molar-refractivity contribution in [2.45, 2.75) is 20.0 Å². The lowest BCUT2D eigenvalue weighted by atomic mass is 10.2. The smallest absolute Gasteiger partial charge is 0.274 e. The number of nitrogens with zero attached hydrogens (tertiary/aromatic N) is 3. The molecule has 140 valence electrons. The first kappa shape index (κ1) is 18.9. The highest BCUT2D eigenvalue weighted by atomic mass is 16.5. The molecule has 0 saturated heterocycles. The molecule has 0 spiro atoms. The van der Waals surface area contributed by atoms with E-state index in [2.05, 4.69) is 26.7 Å². The molecule has 28 heavy (non-hydrogen) atoms. The van der Waals surface area contributed by atoms with E-state index in [9.17, 15) is 4.79 Å². The number of nitriles is 1. The van der Waals surface area contributed by atoms with Crippen molar-refractivity contribution in [1.82, 2.24) is 9.97 Å². The zero-order valence-electron chi connectivity index (χ0n) is 15.5. The molecule has 0 bridgehead atoms. The molecule has 1 aromatic heterocycles. The molecule has 1 heterocycles. The molecule has 1 amide bonds. The second-order valence-electron chi connectivity index (χ2n) is 6.22. The van der Waals surface area contributed by atoms with Gasteiger partial charge in [-0.1, -0.05) is 0 Å². The summed E-state index contributed by atoms with van der Waals surface area (Å²) in [5, 5.41) is 14.7. The molecular weight excluding hydrogens is 354 g/mol. The lowest BCUT2D eigenvalue weighted by Gasteiger charge is -2.11. The maximum atomic E-state index is 12.5. The molecule has 2 aromatic carbocycles. The summed E-state index contributed by atoms with van der Waals surface area (Å²) in [6.07, 6.45) is 1.59. The monoisotopic (exact) mass is 373 g/mol. The van der Waals surface area contributed by atoms with Crippen molar-refractivity contribution in [2.75, 3.05) is 10.6 Å². The van der Waals surface area contributed by atoms with Crippen LogP contribution in [0.1, 0.15) is 29.9 Å². The molecule has 3 aromatic rings. The van der Waals surface area contributed by atoms with Crippen LogP contribution in [0.2, 0.25) is 0 Å². The summed E-state index contributed by atoms with van der Waals surface area (Å²) >= 11 is 0. The van der Waals surface area contributed by atoms with Gasteiger partial charge in [-0.3, -0.25) is 4.79 Å². The van der Waals surface area contributed by atoms with Gasteiger partial charge >= 0.3 is 0 Å². The Morgan fingerprint density at radius 3 is 2.36 bits per heavy atom. The Hall–Kier alpha value is -3.92. The van der Waals surface area contributed by atoms with Crippen LogP contribution >= 0.6 is 0 Å². The third kappa shape index (κ3) is 5.05. The average Bonchev–Trinajstić information content (AvgIpc) is 2.70. The molecule has 0 radical (unpaired) electrons. The van der Waals surface area contributed by atoms with Gasteiger partial charge in [-0.15, -0.1) is 0 Å². The first-order valence-electron chi connectivity index (χ1n) is 8.72. The van der Waals surface area contributed by atoms with E-state index in [0.29, 0.717) is 11.3 Å². The predicted molar refractivity (Wildman–Crippen MR) is 107 cm³/mol. The molecule has 0 saturated carbocycles. The molecule has 2 N–H and O–H groups in total. The van der Waals surface area contributed by atoms with Crippen molar-refractivity contribution in [3.05, 3.63) is 72.1 Å². The van der Waals surface area contributed by atoms with E-state index in [1.54, 1.807) is 48.5 Å². The van der Waals surface area contributed by atoms with E-state index in [-0.39, 0.29) is 23.7 Å². The maximum Gasteiger partial charge on any atom is 0.274 e. The molecule has 7 nitrogen and oxygen atoms in total. The molecule has 0 fully saturated rings. The summed E-state index contributed by atoms with van der Waals surface area (Å²) in [6.45, 7) is 3.91. The fourth-order valence-corrected chi connectivity index (χ4v) is 2.39. The van der Waals surface area contributed by atoms with Crippen LogP contribution in [0.3, 0.4) is 0 Å². The van der Waals surface area contributed by atoms with Crippen molar-refractivity contribution in [3.63, 3.8) is 0 Å². The number of nitrogens with one attached hydrogen (secondary N) is 2. The summed E-state index contributed by atoms with van der Waals surface area (Å²) < 4.78 is 5.59. The molecule has 0 aliphatic heterocycles. The van der Waals surface area contributed by atoms with Gasteiger partial charge in [-0.05, 0) is 68.4 Å². The number of carbonyl (C=O) groups is 1. The number of hydrogen-bond acceptors (Lipinski definition) is 6. The number of carbonyl (C=O) groups excluding carboxylic acids is 1. The third-order valence-electron chi connectivity index (χ3n) is 3.64. The third-order valence-corrected chi connectivity index (χ3v) is 3.64. The molecular formula is C21H19N5O2. The quantitative estimate of drug-likeness (QED) is 0.674. The zero-order valence-corrected chi connectivity index (χ0v) is 15.5. The summed E-state index contributed by atoms with van der Waals surface area (Å²) in [7, 11) is 0. The number of aromatic nitrogens is 2. The Bertz CT molecular complexity index is 993.